The van der Waals surface area contributed by atoms with Crippen LogP contribution in [0.15, 0.2) is 47.1 Å². The highest BCUT2D eigenvalue weighted by Gasteiger charge is 2.14. The van der Waals surface area contributed by atoms with Crippen molar-refractivity contribution < 1.29 is 18.7 Å². The zero-order valence-electron chi connectivity index (χ0n) is 12.8. The van der Waals surface area contributed by atoms with Gasteiger partial charge in [0.1, 0.15) is 17.3 Å². The molecular weight excluding hydrogens is 282 g/mol. The number of carbonyl (C=O) groups excluding carboxylic acids is 1. The highest BCUT2D eigenvalue weighted by molar-refractivity contribution is 5.91. The van der Waals surface area contributed by atoms with Gasteiger partial charge in [-0.05, 0) is 43.3 Å². The van der Waals surface area contributed by atoms with E-state index in [1.54, 1.807) is 38.7 Å². The molecule has 0 radical (unpaired) electrons. The molecule has 0 saturated heterocycles. The summed E-state index contributed by atoms with van der Waals surface area (Å²) in [5, 5.41) is 2.88. The molecule has 1 atom stereocenters. The molecule has 0 aliphatic carbocycles. The van der Waals surface area contributed by atoms with Gasteiger partial charge in [-0.15, -0.1) is 0 Å². The maximum atomic E-state index is 12.0. The zero-order chi connectivity index (χ0) is 15.9. The summed E-state index contributed by atoms with van der Waals surface area (Å²) in [4.78, 5) is 12.0. The Balaban J connectivity index is 2.08. The molecule has 0 fully saturated rings. The Morgan fingerprint density at radius 2 is 2.09 bits per heavy atom. The molecule has 1 amide bonds. The van der Waals surface area contributed by atoms with E-state index >= 15 is 0 Å². The number of methoxy groups -OCH3 is 2. The molecule has 5 heteroatoms. The zero-order valence-corrected chi connectivity index (χ0v) is 12.8. The molecule has 1 heterocycles. The first-order valence-corrected chi connectivity index (χ1v) is 6.88. The molecule has 0 bridgehead atoms. The van der Waals surface area contributed by atoms with Crippen LogP contribution in [-0.2, 0) is 4.79 Å². The van der Waals surface area contributed by atoms with Gasteiger partial charge in [-0.1, -0.05) is 0 Å². The van der Waals surface area contributed by atoms with Crippen molar-refractivity contribution in [2.75, 3.05) is 14.2 Å². The standard InChI is InChI=1S/C17H19NO4/c1-12(15-11-14(20-2)6-8-16(15)21-3)18-17(19)9-7-13-5-4-10-22-13/h4-12H,1-3H3,(H,18,19)/b9-7+. The molecule has 22 heavy (non-hydrogen) atoms. The van der Waals surface area contributed by atoms with Crippen LogP contribution in [0.2, 0.25) is 0 Å². The molecule has 1 unspecified atom stereocenters. The summed E-state index contributed by atoms with van der Waals surface area (Å²) in [6, 6.07) is 8.79. The second-order valence-corrected chi connectivity index (χ2v) is 4.69. The number of amides is 1. The molecule has 5 nitrogen and oxygen atoms in total. The summed E-state index contributed by atoms with van der Waals surface area (Å²) >= 11 is 0. The van der Waals surface area contributed by atoms with Crippen molar-refractivity contribution >= 4 is 12.0 Å². The van der Waals surface area contributed by atoms with Gasteiger partial charge in [0.05, 0.1) is 26.5 Å². The monoisotopic (exact) mass is 301 g/mol. The molecule has 2 aromatic rings. The van der Waals surface area contributed by atoms with Gasteiger partial charge < -0.3 is 19.2 Å². The van der Waals surface area contributed by atoms with Gasteiger partial charge in [-0.3, -0.25) is 4.79 Å². The van der Waals surface area contributed by atoms with E-state index < -0.39 is 0 Å². The normalized spacial score (nSPS) is 12.1. The fourth-order valence-corrected chi connectivity index (χ4v) is 2.06. The lowest BCUT2D eigenvalue weighted by molar-refractivity contribution is -0.117. The van der Waals surface area contributed by atoms with Crippen molar-refractivity contribution in [3.63, 3.8) is 0 Å². The number of hydrogen-bond donors (Lipinski definition) is 1. The third kappa shape index (κ3) is 3.91. The Labute approximate surface area is 129 Å². The van der Waals surface area contributed by atoms with Crippen molar-refractivity contribution in [3.05, 3.63) is 54.0 Å². The molecule has 2 rings (SSSR count). The van der Waals surface area contributed by atoms with Crippen LogP contribution in [0, 0.1) is 0 Å². The van der Waals surface area contributed by atoms with Crippen molar-refractivity contribution in [2.45, 2.75) is 13.0 Å². The lowest BCUT2D eigenvalue weighted by atomic mass is 10.1. The number of benzene rings is 1. The number of hydrogen-bond acceptors (Lipinski definition) is 4. The maximum Gasteiger partial charge on any atom is 0.244 e. The predicted octanol–water partition coefficient (Wildman–Crippen LogP) is 3.19. The Morgan fingerprint density at radius 3 is 2.73 bits per heavy atom. The number of furan rings is 1. The first kappa shape index (κ1) is 15.7. The second-order valence-electron chi connectivity index (χ2n) is 4.69. The smallest absolute Gasteiger partial charge is 0.244 e. The minimum atomic E-state index is -0.223. The van der Waals surface area contributed by atoms with E-state index in [1.807, 2.05) is 25.1 Å². The van der Waals surface area contributed by atoms with Crippen molar-refractivity contribution in [3.8, 4) is 11.5 Å². The second kappa shape index (κ2) is 7.36. The Bertz CT molecular complexity index is 647. The molecule has 0 spiro atoms. The summed E-state index contributed by atoms with van der Waals surface area (Å²) in [5.74, 6) is 1.82. The van der Waals surface area contributed by atoms with Crippen LogP contribution in [0.5, 0.6) is 11.5 Å². The number of carbonyl (C=O) groups is 1. The van der Waals surface area contributed by atoms with Gasteiger partial charge >= 0.3 is 0 Å². The highest BCUT2D eigenvalue weighted by Crippen LogP contribution is 2.29. The Morgan fingerprint density at radius 1 is 1.27 bits per heavy atom. The van der Waals surface area contributed by atoms with E-state index in [0.717, 1.165) is 5.56 Å². The van der Waals surface area contributed by atoms with Crippen LogP contribution >= 0.6 is 0 Å². The number of rotatable bonds is 6. The Hall–Kier alpha value is -2.69. The topological polar surface area (TPSA) is 60.7 Å². The molecule has 116 valence electrons. The average molecular weight is 301 g/mol. The van der Waals surface area contributed by atoms with E-state index in [0.29, 0.717) is 17.3 Å². The minimum absolute atomic E-state index is 0.214. The van der Waals surface area contributed by atoms with Crippen molar-refractivity contribution in [2.24, 2.45) is 0 Å². The maximum absolute atomic E-state index is 12.0. The number of nitrogens with one attached hydrogen (secondary N) is 1. The van der Waals surface area contributed by atoms with Crippen LogP contribution < -0.4 is 14.8 Å². The molecule has 1 N–H and O–H groups in total. The van der Waals surface area contributed by atoms with E-state index in [9.17, 15) is 4.79 Å². The fraction of sp³-hybridized carbons (Fsp3) is 0.235. The van der Waals surface area contributed by atoms with Gasteiger partial charge in [0, 0.05) is 11.6 Å². The lowest BCUT2D eigenvalue weighted by Crippen LogP contribution is -2.25. The third-order valence-corrected chi connectivity index (χ3v) is 3.20. The first-order valence-electron chi connectivity index (χ1n) is 6.88. The Kier molecular flexibility index (Phi) is 5.25. The fourth-order valence-electron chi connectivity index (χ4n) is 2.06. The molecule has 0 aliphatic rings. The van der Waals surface area contributed by atoms with Gasteiger partial charge in [0.15, 0.2) is 0 Å². The van der Waals surface area contributed by atoms with E-state index in [1.165, 1.54) is 6.08 Å². The van der Waals surface area contributed by atoms with Gasteiger partial charge in [-0.25, -0.2) is 0 Å². The minimum Gasteiger partial charge on any atom is -0.497 e. The van der Waals surface area contributed by atoms with E-state index in [4.69, 9.17) is 13.9 Å². The molecule has 0 saturated carbocycles. The summed E-state index contributed by atoms with van der Waals surface area (Å²) in [6.45, 7) is 1.88. The SMILES string of the molecule is COc1ccc(OC)c(C(C)NC(=O)/C=C/c2ccco2)c1. The first-order chi connectivity index (χ1) is 10.6. The third-order valence-electron chi connectivity index (χ3n) is 3.20. The summed E-state index contributed by atoms with van der Waals surface area (Å²) < 4.78 is 15.7. The van der Waals surface area contributed by atoms with E-state index in [-0.39, 0.29) is 11.9 Å². The van der Waals surface area contributed by atoms with Crippen LogP contribution in [0.1, 0.15) is 24.3 Å². The van der Waals surface area contributed by atoms with Crippen LogP contribution in [0.3, 0.4) is 0 Å². The van der Waals surface area contributed by atoms with Gasteiger partial charge in [-0.2, -0.15) is 0 Å². The molecular formula is C17H19NO4. The van der Waals surface area contributed by atoms with Gasteiger partial charge in [0.25, 0.3) is 0 Å². The molecule has 1 aromatic heterocycles. The van der Waals surface area contributed by atoms with Crippen molar-refractivity contribution in [1.29, 1.82) is 0 Å². The predicted molar refractivity (Wildman–Crippen MR) is 83.8 cm³/mol. The molecule has 1 aromatic carbocycles. The van der Waals surface area contributed by atoms with Crippen LogP contribution in [0.25, 0.3) is 6.08 Å². The summed E-state index contributed by atoms with van der Waals surface area (Å²) in [7, 11) is 3.19. The quantitative estimate of drug-likeness (QED) is 0.832. The number of ether oxygens (including phenoxy) is 2. The van der Waals surface area contributed by atoms with Crippen LogP contribution in [0.4, 0.5) is 0 Å². The lowest BCUT2D eigenvalue weighted by Gasteiger charge is -2.17. The summed E-state index contributed by atoms with van der Waals surface area (Å²) in [6.07, 6.45) is 4.61. The highest BCUT2D eigenvalue weighted by atomic mass is 16.5. The van der Waals surface area contributed by atoms with E-state index in [2.05, 4.69) is 5.32 Å². The largest absolute Gasteiger partial charge is 0.497 e. The van der Waals surface area contributed by atoms with Gasteiger partial charge in [0.2, 0.25) is 5.91 Å². The van der Waals surface area contributed by atoms with Crippen LogP contribution in [-0.4, -0.2) is 20.1 Å². The average Bonchev–Trinajstić information content (AvgIpc) is 3.05. The summed E-state index contributed by atoms with van der Waals surface area (Å²) in [5.41, 5.74) is 0.849. The molecule has 0 aliphatic heterocycles. The van der Waals surface area contributed by atoms with Crippen molar-refractivity contribution in [1.82, 2.24) is 5.32 Å².